The third-order valence-corrected chi connectivity index (χ3v) is 5.05. The SMILES string of the molecule is CCSc1cccc(N2CCC(COC)CC2)c1C(N)=S. The Morgan fingerprint density at radius 3 is 2.71 bits per heavy atom. The number of nitrogens with two attached hydrogens (primary N) is 1. The summed E-state index contributed by atoms with van der Waals surface area (Å²) in [5.74, 6) is 1.70. The van der Waals surface area contributed by atoms with Gasteiger partial charge in [-0.2, -0.15) is 0 Å². The molecule has 1 aromatic carbocycles. The molecule has 1 aliphatic rings. The summed E-state index contributed by atoms with van der Waals surface area (Å²) in [5.41, 5.74) is 8.24. The predicted molar refractivity (Wildman–Crippen MR) is 95.5 cm³/mol. The van der Waals surface area contributed by atoms with Gasteiger partial charge in [-0.05, 0) is 36.6 Å². The van der Waals surface area contributed by atoms with E-state index in [9.17, 15) is 0 Å². The van der Waals surface area contributed by atoms with Crippen molar-refractivity contribution in [2.24, 2.45) is 11.7 Å². The van der Waals surface area contributed by atoms with Crippen molar-refractivity contribution in [3.63, 3.8) is 0 Å². The minimum absolute atomic E-state index is 0.501. The van der Waals surface area contributed by atoms with Crippen LogP contribution in [0.2, 0.25) is 0 Å². The smallest absolute Gasteiger partial charge is 0.107 e. The third-order valence-electron chi connectivity index (χ3n) is 3.91. The molecule has 3 nitrogen and oxygen atoms in total. The molecule has 0 bridgehead atoms. The van der Waals surface area contributed by atoms with Crippen LogP contribution in [0.5, 0.6) is 0 Å². The molecule has 2 N–H and O–H groups in total. The second-order valence-electron chi connectivity index (χ2n) is 5.33. The molecule has 0 unspecified atom stereocenters. The van der Waals surface area contributed by atoms with Gasteiger partial charge in [0.1, 0.15) is 4.99 Å². The standard InChI is InChI=1S/C16H24N2OS2/c1-3-21-14-6-4-5-13(15(14)16(17)20)18-9-7-12(8-10-18)11-19-2/h4-6,12H,3,7-11H2,1-2H3,(H2,17,20). The lowest BCUT2D eigenvalue weighted by atomic mass is 9.96. The first kappa shape index (κ1) is 16.6. The summed E-state index contributed by atoms with van der Waals surface area (Å²) in [5, 5.41) is 0. The zero-order chi connectivity index (χ0) is 15.2. The van der Waals surface area contributed by atoms with E-state index in [-0.39, 0.29) is 0 Å². The van der Waals surface area contributed by atoms with Crippen LogP contribution in [0, 0.1) is 5.92 Å². The van der Waals surface area contributed by atoms with Crippen molar-refractivity contribution in [1.29, 1.82) is 0 Å². The maximum absolute atomic E-state index is 6.00. The molecule has 21 heavy (non-hydrogen) atoms. The molecule has 2 rings (SSSR count). The van der Waals surface area contributed by atoms with Gasteiger partial charge < -0.3 is 15.4 Å². The largest absolute Gasteiger partial charge is 0.389 e. The van der Waals surface area contributed by atoms with Crippen molar-refractivity contribution in [2.45, 2.75) is 24.7 Å². The third kappa shape index (κ3) is 4.11. The average Bonchev–Trinajstić information content (AvgIpc) is 2.48. The monoisotopic (exact) mass is 324 g/mol. The summed E-state index contributed by atoms with van der Waals surface area (Å²) < 4.78 is 5.27. The number of hydrogen-bond acceptors (Lipinski definition) is 4. The highest BCUT2D eigenvalue weighted by molar-refractivity contribution is 7.99. The average molecular weight is 325 g/mol. The Kier molecular flexibility index (Phi) is 6.33. The number of rotatable bonds is 6. The van der Waals surface area contributed by atoms with Crippen LogP contribution in [-0.2, 0) is 4.74 Å². The molecule has 5 heteroatoms. The fourth-order valence-corrected chi connectivity index (χ4v) is 4.01. The highest BCUT2D eigenvalue weighted by atomic mass is 32.2. The molecule has 0 aliphatic carbocycles. The second kappa shape index (κ2) is 8.01. The van der Waals surface area contributed by atoms with Gasteiger partial charge in [-0.1, -0.05) is 25.2 Å². The Bertz CT molecular complexity index is 485. The maximum Gasteiger partial charge on any atom is 0.107 e. The Morgan fingerprint density at radius 2 is 2.14 bits per heavy atom. The van der Waals surface area contributed by atoms with Crippen molar-refractivity contribution in [3.05, 3.63) is 23.8 Å². The van der Waals surface area contributed by atoms with Crippen molar-refractivity contribution in [3.8, 4) is 0 Å². The van der Waals surface area contributed by atoms with Gasteiger partial charge in [0, 0.05) is 43.0 Å². The molecule has 0 saturated carbocycles. The number of thioether (sulfide) groups is 1. The molecule has 1 saturated heterocycles. The molecular weight excluding hydrogens is 300 g/mol. The van der Waals surface area contributed by atoms with E-state index in [1.807, 2.05) is 0 Å². The Morgan fingerprint density at radius 1 is 1.43 bits per heavy atom. The normalized spacial score (nSPS) is 16.2. The molecule has 1 fully saturated rings. The summed E-state index contributed by atoms with van der Waals surface area (Å²) in [6.45, 7) is 5.10. The summed E-state index contributed by atoms with van der Waals surface area (Å²) in [6.07, 6.45) is 2.32. The molecule has 0 amide bonds. The first-order valence-electron chi connectivity index (χ1n) is 7.46. The molecule has 1 heterocycles. The fraction of sp³-hybridized carbons (Fsp3) is 0.562. The van der Waals surface area contributed by atoms with Crippen LogP contribution < -0.4 is 10.6 Å². The zero-order valence-corrected chi connectivity index (χ0v) is 14.4. The number of methoxy groups -OCH3 is 1. The number of thiocarbonyl (C=S) groups is 1. The van der Waals surface area contributed by atoms with Gasteiger partial charge in [0.05, 0.1) is 0 Å². The fourth-order valence-electron chi connectivity index (χ4n) is 2.88. The van der Waals surface area contributed by atoms with E-state index in [0.29, 0.717) is 10.9 Å². The highest BCUT2D eigenvalue weighted by Gasteiger charge is 2.22. The van der Waals surface area contributed by atoms with Crippen LogP contribution in [0.1, 0.15) is 25.3 Å². The number of benzene rings is 1. The summed E-state index contributed by atoms with van der Waals surface area (Å²) >= 11 is 7.11. The van der Waals surface area contributed by atoms with Gasteiger partial charge in [-0.25, -0.2) is 0 Å². The van der Waals surface area contributed by atoms with E-state index in [0.717, 1.165) is 43.9 Å². The maximum atomic E-state index is 6.00. The Labute approximate surface area is 137 Å². The van der Waals surface area contributed by atoms with Gasteiger partial charge in [0.2, 0.25) is 0 Å². The van der Waals surface area contributed by atoms with Crippen LogP contribution in [0.3, 0.4) is 0 Å². The van der Waals surface area contributed by atoms with Crippen LogP contribution in [0.15, 0.2) is 23.1 Å². The van der Waals surface area contributed by atoms with Gasteiger partial charge in [0.25, 0.3) is 0 Å². The molecular formula is C16H24N2OS2. The zero-order valence-electron chi connectivity index (χ0n) is 12.8. The van der Waals surface area contributed by atoms with E-state index >= 15 is 0 Å². The van der Waals surface area contributed by atoms with Crippen LogP contribution >= 0.6 is 24.0 Å². The topological polar surface area (TPSA) is 38.5 Å². The molecule has 1 aromatic rings. The van der Waals surface area contributed by atoms with E-state index in [1.165, 1.54) is 10.6 Å². The first-order valence-corrected chi connectivity index (χ1v) is 8.86. The summed E-state index contributed by atoms with van der Waals surface area (Å²) in [7, 11) is 1.78. The number of ether oxygens (including phenoxy) is 1. The van der Waals surface area contributed by atoms with Crippen molar-refractivity contribution >= 4 is 34.7 Å². The number of nitrogens with zero attached hydrogens (tertiary/aromatic N) is 1. The molecule has 0 radical (unpaired) electrons. The minimum Gasteiger partial charge on any atom is -0.389 e. The van der Waals surface area contributed by atoms with Gasteiger partial charge in [-0.15, -0.1) is 11.8 Å². The Balaban J connectivity index is 2.20. The summed E-state index contributed by atoms with van der Waals surface area (Å²) in [6, 6.07) is 6.37. The molecule has 116 valence electrons. The molecule has 0 aromatic heterocycles. The van der Waals surface area contributed by atoms with Crippen molar-refractivity contribution in [1.82, 2.24) is 0 Å². The predicted octanol–water partition coefficient (Wildman–Crippen LogP) is 3.30. The van der Waals surface area contributed by atoms with Gasteiger partial charge in [0.15, 0.2) is 0 Å². The van der Waals surface area contributed by atoms with Gasteiger partial charge in [-0.3, -0.25) is 0 Å². The quantitative estimate of drug-likeness (QED) is 0.642. The number of piperidine rings is 1. The van der Waals surface area contributed by atoms with E-state index < -0.39 is 0 Å². The lowest BCUT2D eigenvalue weighted by molar-refractivity contribution is 0.139. The minimum atomic E-state index is 0.501. The second-order valence-corrected chi connectivity index (χ2v) is 7.08. The van der Waals surface area contributed by atoms with E-state index in [1.54, 1.807) is 18.9 Å². The number of anilines is 1. The first-order chi connectivity index (χ1) is 10.2. The van der Waals surface area contributed by atoms with Crippen LogP contribution in [-0.4, -0.2) is 37.5 Å². The lowest BCUT2D eigenvalue weighted by Crippen LogP contribution is -2.36. The van der Waals surface area contributed by atoms with E-state index in [4.69, 9.17) is 22.7 Å². The highest BCUT2D eigenvalue weighted by Crippen LogP contribution is 2.33. The Hall–Kier alpha value is -0.780. The molecule has 1 aliphatic heterocycles. The molecule has 0 spiro atoms. The summed E-state index contributed by atoms with van der Waals surface area (Å²) in [4.78, 5) is 4.11. The lowest BCUT2D eigenvalue weighted by Gasteiger charge is -2.34. The van der Waals surface area contributed by atoms with E-state index in [2.05, 4.69) is 30.0 Å². The van der Waals surface area contributed by atoms with Crippen molar-refractivity contribution in [2.75, 3.05) is 37.5 Å². The number of hydrogen-bond donors (Lipinski definition) is 1. The van der Waals surface area contributed by atoms with Gasteiger partial charge >= 0.3 is 0 Å². The van der Waals surface area contributed by atoms with Crippen LogP contribution in [0.4, 0.5) is 5.69 Å². The molecule has 0 atom stereocenters. The van der Waals surface area contributed by atoms with Crippen molar-refractivity contribution < 1.29 is 4.74 Å². The van der Waals surface area contributed by atoms with Crippen LogP contribution in [0.25, 0.3) is 0 Å².